The fourth-order valence-corrected chi connectivity index (χ4v) is 3.18. The summed E-state index contributed by atoms with van der Waals surface area (Å²) >= 11 is 0. The Kier molecular flexibility index (Phi) is 7.83. The number of aryl methyl sites for hydroxylation is 2. The first-order valence-electron chi connectivity index (χ1n) is 9.11. The van der Waals surface area contributed by atoms with Crippen molar-refractivity contribution in [3.8, 4) is 0 Å². The molecule has 0 unspecified atom stereocenters. The molecule has 1 amide bonds. The van der Waals surface area contributed by atoms with Crippen LogP contribution in [0.1, 0.15) is 48.0 Å². The normalized spacial score (nSPS) is 13.9. The molecule has 0 aliphatic heterocycles. The molecule has 0 atom stereocenters. The van der Waals surface area contributed by atoms with Crippen LogP contribution in [0.5, 0.6) is 0 Å². The van der Waals surface area contributed by atoms with E-state index in [4.69, 9.17) is 4.55 Å². The third-order valence-electron chi connectivity index (χ3n) is 4.27. The van der Waals surface area contributed by atoms with E-state index in [1.165, 1.54) is 31.4 Å². The van der Waals surface area contributed by atoms with Crippen LogP contribution in [-0.4, -0.2) is 24.6 Å². The van der Waals surface area contributed by atoms with Crippen molar-refractivity contribution in [2.24, 2.45) is 12.1 Å². The minimum Gasteiger partial charge on any atom is -0.282 e. The molecule has 1 aliphatic rings. The quantitative estimate of drug-likeness (QED) is 0.467. The van der Waals surface area contributed by atoms with Crippen molar-refractivity contribution in [1.29, 1.82) is 0 Å². The largest absolute Gasteiger partial charge is 0.294 e. The van der Waals surface area contributed by atoms with Crippen LogP contribution in [0.25, 0.3) is 0 Å². The maximum Gasteiger partial charge on any atom is 0.294 e. The first-order valence-corrected chi connectivity index (χ1v) is 10.5. The van der Waals surface area contributed by atoms with Gasteiger partial charge >= 0.3 is 0 Å². The molecule has 2 N–H and O–H groups in total. The molecular formula is C20H26N3O4S+. The minimum absolute atomic E-state index is 0.0666. The van der Waals surface area contributed by atoms with Crippen molar-refractivity contribution < 1.29 is 22.3 Å². The number of hydrogen-bond acceptors (Lipinski definition) is 4. The molecule has 1 fully saturated rings. The van der Waals surface area contributed by atoms with Gasteiger partial charge in [-0.15, -0.1) is 0 Å². The Balaban J connectivity index is 0.000000221. The second-order valence-electron chi connectivity index (χ2n) is 6.73. The Morgan fingerprint density at radius 2 is 1.75 bits per heavy atom. The zero-order valence-electron chi connectivity index (χ0n) is 16.1. The Labute approximate surface area is 165 Å². The molecule has 150 valence electrons. The van der Waals surface area contributed by atoms with Crippen LogP contribution < -0.4 is 9.99 Å². The third-order valence-corrected chi connectivity index (χ3v) is 5.13. The first kappa shape index (κ1) is 21.7. The van der Waals surface area contributed by atoms with E-state index < -0.39 is 10.1 Å². The van der Waals surface area contributed by atoms with Crippen molar-refractivity contribution in [3.05, 3.63) is 59.9 Å². The number of nitrogens with zero attached hydrogens (tertiary/aromatic N) is 2. The Bertz CT molecular complexity index is 930. The van der Waals surface area contributed by atoms with Gasteiger partial charge in [-0.3, -0.25) is 9.35 Å². The summed E-state index contributed by atoms with van der Waals surface area (Å²) in [6.45, 7) is 1.84. The van der Waals surface area contributed by atoms with E-state index >= 15 is 0 Å². The highest BCUT2D eigenvalue weighted by Gasteiger charge is 2.10. The summed E-state index contributed by atoms with van der Waals surface area (Å²) in [6.07, 6.45) is 9.37. The second kappa shape index (κ2) is 10.1. The van der Waals surface area contributed by atoms with Gasteiger partial charge in [0.05, 0.1) is 4.90 Å². The molecule has 2 aromatic rings. The van der Waals surface area contributed by atoms with Gasteiger partial charge in [-0.1, -0.05) is 24.1 Å². The van der Waals surface area contributed by atoms with E-state index in [1.54, 1.807) is 24.4 Å². The zero-order chi connectivity index (χ0) is 20.6. The predicted molar refractivity (Wildman–Crippen MR) is 107 cm³/mol. The number of benzene rings is 1. The number of aromatic nitrogens is 1. The number of carbonyl (C=O) groups is 1. The highest BCUT2D eigenvalue weighted by molar-refractivity contribution is 7.85. The Morgan fingerprint density at radius 1 is 1.11 bits per heavy atom. The molecule has 1 aliphatic carbocycles. The lowest BCUT2D eigenvalue weighted by molar-refractivity contribution is -0.671. The molecule has 8 heteroatoms. The number of hydrogen-bond donors (Lipinski definition) is 2. The van der Waals surface area contributed by atoms with Gasteiger partial charge in [0.2, 0.25) is 0 Å². The van der Waals surface area contributed by atoms with Crippen LogP contribution in [-0.2, 0) is 17.2 Å². The van der Waals surface area contributed by atoms with E-state index in [1.807, 2.05) is 30.8 Å². The van der Waals surface area contributed by atoms with Gasteiger partial charge in [0, 0.05) is 11.8 Å². The molecule has 1 aromatic carbocycles. The van der Waals surface area contributed by atoms with Crippen LogP contribution in [0.3, 0.4) is 0 Å². The second-order valence-corrected chi connectivity index (χ2v) is 8.15. The average molecular weight is 405 g/mol. The topological polar surface area (TPSA) is 99.7 Å². The van der Waals surface area contributed by atoms with Crippen molar-refractivity contribution in [3.63, 3.8) is 0 Å². The lowest BCUT2D eigenvalue weighted by Crippen LogP contribution is -2.30. The number of pyridine rings is 1. The lowest BCUT2D eigenvalue weighted by Gasteiger charge is -2.11. The summed E-state index contributed by atoms with van der Waals surface area (Å²) in [5.41, 5.74) is 5.34. The highest BCUT2D eigenvalue weighted by Crippen LogP contribution is 2.14. The summed E-state index contributed by atoms with van der Waals surface area (Å²) in [5, 5.41) is 4.20. The SMILES string of the molecule is C[n+]1cccc(C(=O)NN=C2CCCCC2)c1.Cc1ccc(S(=O)(=O)O)cc1. The van der Waals surface area contributed by atoms with E-state index in [9.17, 15) is 13.2 Å². The smallest absolute Gasteiger partial charge is 0.282 e. The molecule has 1 aromatic heterocycles. The number of hydrazone groups is 1. The van der Waals surface area contributed by atoms with E-state index in [0.29, 0.717) is 5.56 Å². The fraction of sp³-hybridized carbons (Fsp3) is 0.350. The third kappa shape index (κ3) is 7.21. The Morgan fingerprint density at radius 3 is 2.32 bits per heavy atom. The van der Waals surface area contributed by atoms with Crippen LogP contribution >= 0.6 is 0 Å². The maximum absolute atomic E-state index is 11.8. The summed E-state index contributed by atoms with van der Waals surface area (Å²) < 4.78 is 31.4. The summed E-state index contributed by atoms with van der Waals surface area (Å²) in [6, 6.07) is 9.63. The van der Waals surface area contributed by atoms with Gasteiger partial charge in [-0.2, -0.15) is 13.5 Å². The van der Waals surface area contributed by atoms with Crippen molar-refractivity contribution >= 4 is 21.7 Å². The molecule has 7 nitrogen and oxygen atoms in total. The van der Waals surface area contributed by atoms with Crippen molar-refractivity contribution in [2.75, 3.05) is 0 Å². The highest BCUT2D eigenvalue weighted by atomic mass is 32.2. The number of amides is 1. The number of rotatable bonds is 3. The first-order chi connectivity index (χ1) is 13.3. The van der Waals surface area contributed by atoms with Crippen molar-refractivity contribution in [1.82, 2.24) is 5.43 Å². The molecule has 28 heavy (non-hydrogen) atoms. The lowest BCUT2D eigenvalue weighted by atomic mass is 9.99. The van der Waals surface area contributed by atoms with Gasteiger partial charge in [-0.25, -0.2) is 9.99 Å². The predicted octanol–water partition coefficient (Wildman–Crippen LogP) is 2.80. The maximum atomic E-state index is 11.8. The fourth-order valence-electron chi connectivity index (χ4n) is 2.70. The molecule has 1 saturated carbocycles. The van der Waals surface area contributed by atoms with Crippen LogP contribution in [0.2, 0.25) is 0 Å². The minimum atomic E-state index is -4.02. The molecule has 0 radical (unpaired) electrons. The van der Waals surface area contributed by atoms with Crippen LogP contribution in [0.4, 0.5) is 0 Å². The monoisotopic (exact) mass is 404 g/mol. The summed E-state index contributed by atoms with van der Waals surface area (Å²) in [5.74, 6) is -0.140. The van der Waals surface area contributed by atoms with Crippen LogP contribution in [0.15, 0.2) is 58.8 Å². The molecular weight excluding hydrogens is 378 g/mol. The van der Waals surface area contributed by atoms with Crippen molar-refractivity contribution in [2.45, 2.75) is 43.9 Å². The molecule has 0 bridgehead atoms. The van der Waals surface area contributed by atoms with Crippen LogP contribution in [0, 0.1) is 6.92 Å². The average Bonchev–Trinajstić information content (AvgIpc) is 2.67. The molecule has 1 heterocycles. The summed E-state index contributed by atoms with van der Waals surface area (Å²) in [4.78, 5) is 11.7. The van der Waals surface area contributed by atoms with Gasteiger partial charge in [0.25, 0.3) is 16.0 Å². The zero-order valence-corrected chi connectivity index (χ0v) is 16.9. The molecule has 3 rings (SSSR count). The van der Waals surface area contributed by atoms with E-state index in [-0.39, 0.29) is 10.8 Å². The van der Waals surface area contributed by atoms with E-state index in [2.05, 4.69) is 10.5 Å². The van der Waals surface area contributed by atoms with E-state index in [0.717, 1.165) is 24.1 Å². The Hall–Kier alpha value is -2.58. The van der Waals surface area contributed by atoms with Gasteiger partial charge in [0.1, 0.15) is 12.6 Å². The number of carbonyl (C=O) groups excluding carboxylic acids is 1. The summed E-state index contributed by atoms with van der Waals surface area (Å²) in [7, 11) is -2.13. The molecule has 0 spiro atoms. The standard InChI is InChI=1S/C13H17N3O.C7H8O3S/c1-16-9-5-6-11(10-16)13(17)15-14-12-7-3-2-4-8-12;1-6-2-4-7(5-3-6)11(8,9)10/h5-6,9-10H,2-4,7-8H2,1H3;2-5H,1H3,(H,8,9,10)/p+1. The molecule has 0 saturated heterocycles. The van der Waals surface area contributed by atoms with Gasteiger partial charge in [0.15, 0.2) is 12.4 Å². The van der Waals surface area contributed by atoms with Gasteiger partial charge in [-0.05, 0) is 50.8 Å². The number of nitrogens with one attached hydrogen (secondary N) is 1. The van der Waals surface area contributed by atoms with Gasteiger partial charge < -0.3 is 0 Å².